The van der Waals surface area contributed by atoms with E-state index in [2.05, 4.69) is 10.2 Å². The van der Waals surface area contributed by atoms with Crippen LogP contribution < -0.4 is 10.5 Å². The second kappa shape index (κ2) is 10.2. The Morgan fingerprint density at radius 1 is 1.10 bits per heavy atom. The summed E-state index contributed by atoms with van der Waals surface area (Å²) in [6.45, 7) is 2.81. The van der Waals surface area contributed by atoms with Gasteiger partial charge in [-0.2, -0.15) is 13.2 Å². The van der Waals surface area contributed by atoms with E-state index in [1.54, 1.807) is 11.8 Å². The first-order valence-electron chi connectivity index (χ1n) is 10.0. The molecule has 0 saturated carbocycles. The van der Waals surface area contributed by atoms with Gasteiger partial charge in [0.2, 0.25) is 10.0 Å². The Balaban J connectivity index is 1.80. The Morgan fingerprint density at radius 3 is 2.39 bits per heavy atom. The van der Waals surface area contributed by atoms with Crippen molar-refractivity contribution < 1.29 is 21.6 Å². The van der Waals surface area contributed by atoms with Gasteiger partial charge in [0.1, 0.15) is 0 Å². The lowest BCUT2D eigenvalue weighted by Crippen LogP contribution is -2.30. The summed E-state index contributed by atoms with van der Waals surface area (Å²) in [4.78, 5) is 2.80. The van der Waals surface area contributed by atoms with Crippen LogP contribution in [0.4, 0.5) is 18.9 Å². The maximum absolute atomic E-state index is 13.7. The molecule has 2 aromatic rings. The molecular weight excluding hydrogens is 447 g/mol. The highest BCUT2D eigenvalue weighted by molar-refractivity contribution is 7.99. The summed E-state index contributed by atoms with van der Waals surface area (Å²) in [5, 5.41) is 8.05. The zero-order valence-electron chi connectivity index (χ0n) is 16.9. The third kappa shape index (κ3) is 7.13. The molecule has 1 aliphatic heterocycles. The number of sulfonamides is 1. The van der Waals surface area contributed by atoms with Gasteiger partial charge in [0, 0.05) is 28.9 Å². The smallest absolute Gasteiger partial charge is 0.381 e. The highest BCUT2D eigenvalue weighted by Crippen LogP contribution is 2.37. The number of benzene rings is 2. The van der Waals surface area contributed by atoms with E-state index < -0.39 is 26.7 Å². The molecule has 170 valence electrons. The molecule has 1 aliphatic rings. The van der Waals surface area contributed by atoms with Crippen molar-refractivity contribution in [2.75, 3.05) is 30.7 Å². The van der Waals surface area contributed by atoms with Crippen molar-refractivity contribution in [3.63, 3.8) is 0 Å². The van der Waals surface area contributed by atoms with Gasteiger partial charge in [-0.15, -0.1) is 11.8 Å². The summed E-state index contributed by atoms with van der Waals surface area (Å²) in [6.07, 6.45) is -1.75. The topological polar surface area (TPSA) is 75.4 Å². The van der Waals surface area contributed by atoms with Gasteiger partial charge in [-0.3, -0.25) is 0 Å². The van der Waals surface area contributed by atoms with Gasteiger partial charge >= 0.3 is 6.18 Å². The van der Waals surface area contributed by atoms with Crippen molar-refractivity contribution in [1.29, 1.82) is 0 Å². The molecule has 3 rings (SSSR count). The summed E-state index contributed by atoms with van der Waals surface area (Å²) >= 11 is 1.57. The van der Waals surface area contributed by atoms with E-state index >= 15 is 0 Å². The molecule has 0 aromatic heterocycles. The number of hydrogen-bond donors (Lipinski definition) is 2. The fraction of sp³-hybridized carbons (Fsp3) is 0.429. The molecule has 5 nitrogen and oxygen atoms in total. The summed E-state index contributed by atoms with van der Waals surface area (Å²) in [5.74, 6) is 0.575. The number of nitrogens with two attached hydrogens (primary N) is 1. The van der Waals surface area contributed by atoms with Crippen molar-refractivity contribution in [1.82, 2.24) is 4.90 Å². The average molecular weight is 474 g/mol. The van der Waals surface area contributed by atoms with Crippen molar-refractivity contribution in [2.45, 2.75) is 41.3 Å². The fourth-order valence-corrected chi connectivity index (χ4v) is 5.07. The molecule has 0 bridgehead atoms. The van der Waals surface area contributed by atoms with E-state index in [0.29, 0.717) is 18.2 Å². The second-order valence-corrected chi connectivity index (χ2v) is 10.2. The molecule has 0 spiro atoms. The van der Waals surface area contributed by atoms with Crippen molar-refractivity contribution in [3.05, 3.63) is 54.1 Å². The first-order chi connectivity index (χ1) is 14.6. The Kier molecular flexibility index (Phi) is 7.90. The minimum Gasteiger partial charge on any atom is -0.381 e. The number of nitrogens with one attached hydrogen (secondary N) is 1. The Labute approximate surface area is 185 Å². The third-order valence-corrected chi connectivity index (χ3v) is 7.26. The van der Waals surface area contributed by atoms with Gasteiger partial charge in [-0.1, -0.05) is 18.2 Å². The molecule has 3 N–H and O–H groups in total. The van der Waals surface area contributed by atoms with Gasteiger partial charge in [0.25, 0.3) is 0 Å². The van der Waals surface area contributed by atoms with Gasteiger partial charge < -0.3 is 10.2 Å². The maximum atomic E-state index is 13.7. The fourth-order valence-electron chi connectivity index (χ4n) is 3.54. The second-order valence-electron chi connectivity index (χ2n) is 7.55. The van der Waals surface area contributed by atoms with E-state index in [1.165, 1.54) is 0 Å². The minimum absolute atomic E-state index is 0.139. The monoisotopic (exact) mass is 473 g/mol. The number of likely N-dealkylation sites (tertiary alicyclic amines) is 1. The predicted octanol–water partition coefficient (Wildman–Crippen LogP) is 4.41. The van der Waals surface area contributed by atoms with E-state index in [1.807, 2.05) is 30.3 Å². The van der Waals surface area contributed by atoms with Crippen LogP contribution in [0.1, 0.15) is 24.8 Å². The van der Waals surface area contributed by atoms with Crippen LogP contribution in [0.25, 0.3) is 0 Å². The van der Waals surface area contributed by atoms with Crippen LogP contribution in [-0.2, 0) is 16.2 Å². The lowest BCUT2D eigenvalue weighted by Gasteiger charge is -2.25. The predicted molar refractivity (Wildman–Crippen MR) is 118 cm³/mol. The van der Waals surface area contributed by atoms with E-state index in [-0.39, 0.29) is 11.7 Å². The van der Waals surface area contributed by atoms with Crippen LogP contribution >= 0.6 is 11.8 Å². The van der Waals surface area contributed by atoms with E-state index in [0.717, 1.165) is 49.5 Å². The first-order valence-corrected chi connectivity index (χ1v) is 12.6. The Bertz CT molecular complexity index is 964. The number of primary sulfonamides is 1. The molecule has 2 aromatic carbocycles. The highest BCUT2D eigenvalue weighted by atomic mass is 32.2. The normalized spacial score (nSPS) is 16.4. The van der Waals surface area contributed by atoms with E-state index in [4.69, 9.17) is 5.14 Å². The summed E-state index contributed by atoms with van der Waals surface area (Å²) < 4.78 is 64.1. The molecule has 1 saturated heterocycles. The van der Waals surface area contributed by atoms with Gasteiger partial charge in [0.15, 0.2) is 0 Å². The number of hydrogen-bond acceptors (Lipinski definition) is 5. The summed E-state index contributed by atoms with van der Waals surface area (Å²) in [7, 11) is -4.24. The molecule has 0 aliphatic carbocycles. The van der Waals surface area contributed by atoms with Gasteiger partial charge in [-0.05, 0) is 62.7 Å². The first kappa shape index (κ1) is 23.9. The van der Waals surface area contributed by atoms with Crippen molar-refractivity contribution in [3.8, 4) is 0 Å². The molecule has 10 heteroatoms. The van der Waals surface area contributed by atoms with Crippen LogP contribution in [0.3, 0.4) is 0 Å². The number of alkyl halides is 3. The Hall–Kier alpha value is -1.75. The largest absolute Gasteiger partial charge is 0.418 e. The van der Waals surface area contributed by atoms with Crippen LogP contribution in [-0.4, -0.2) is 44.7 Å². The molecular formula is C21H26F3N3O2S2. The highest BCUT2D eigenvalue weighted by Gasteiger charge is 2.35. The summed E-state index contributed by atoms with van der Waals surface area (Å²) in [6, 6.07) is 12.3. The molecule has 1 fully saturated rings. The lowest BCUT2D eigenvalue weighted by atomic mass is 10.1. The molecule has 0 amide bonds. The van der Waals surface area contributed by atoms with Crippen LogP contribution in [0.15, 0.2) is 58.3 Å². The number of anilines is 1. The lowest BCUT2D eigenvalue weighted by molar-refractivity contribution is -0.137. The van der Waals surface area contributed by atoms with Crippen molar-refractivity contribution >= 4 is 27.5 Å². The molecule has 1 atom stereocenters. The van der Waals surface area contributed by atoms with Gasteiger partial charge in [-0.25, -0.2) is 13.6 Å². The molecule has 1 heterocycles. The number of rotatable bonds is 9. The minimum atomic E-state index is -4.71. The quantitative estimate of drug-likeness (QED) is 0.528. The summed E-state index contributed by atoms with van der Waals surface area (Å²) in [5.41, 5.74) is -1.17. The average Bonchev–Trinajstić information content (AvgIpc) is 3.23. The van der Waals surface area contributed by atoms with Crippen LogP contribution in [0.5, 0.6) is 0 Å². The zero-order valence-corrected chi connectivity index (χ0v) is 18.6. The zero-order chi connectivity index (χ0) is 22.5. The van der Waals surface area contributed by atoms with Crippen LogP contribution in [0, 0.1) is 0 Å². The van der Waals surface area contributed by atoms with Gasteiger partial charge in [0.05, 0.1) is 10.5 Å². The molecule has 0 unspecified atom stereocenters. The van der Waals surface area contributed by atoms with E-state index in [9.17, 15) is 21.6 Å². The maximum Gasteiger partial charge on any atom is 0.418 e. The standard InChI is InChI=1S/C21H26F3N3O2S2/c22-21(23,24)19-14-18(31(25,28)29)8-9-20(19)26-16(10-13-27-11-4-5-12-27)15-30-17-6-2-1-3-7-17/h1-3,6-9,14,16,26H,4-5,10-13,15H2,(H2,25,28,29)/t16-/m1/s1. The third-order valence-electron chi connectivity index (χ3n) is 5.17. The number of nitrogens with zero attached hydrogens (tertiary/aromatic N) is 1. The molecule has 31 heavy (non-hydrogen) atoms. The SMILES string of the molecule is NS(=O)(=O)c1ccc(N[C@H](CCN2CCCC2)CSc2ccccc2)c(C(F)(F)F)c1. The number of halogens is 3. The Morgan fingerprint density at radius 2 is 1.77 bits per heavy atom. The number of thioether (sulfide) groups is 1. The van der Waals surface area contributed by atoms with Crippen molar-refractivity contribution in [2.24, 2.45) is 5.14 Å². The van der Waals surface area contributed by atoms with Crippen LogP contribution in [0.2, 0.25) is 0 Å². The molecule has 0 radical (unpaired) electrons.